The van der Waals surface area contributed by atoms with Gasteiger partial charge in [-0.2, -0.15) is 0 Å². The van der Waals surface area contributed by atoms with E-state index < -0.39 is 5.97 Å². The lowest BCUT2D eigenvalue weighted by Gasteiger charge is -2.59. The number of ether oxygens (including phenoxy) is 1. The first-order chi connectivity index (χ1) is 10.3. The number of esters is 1. The topological polar surface area (TPSA) is 63.6 Å². The summed E-state index contributed by atoms with van der Waals surface area (Å²) in [4.78, 5) is 21.1. The van der Waals surface area contributed by atoms with E-state index >= 15 is 0 Å². The van der Waals surface area contributed by atoms with E-state index in [-0.39, 0.29) is 11.6 Å². The maximum absolute atomic E-state index is 11.9. The largest absolute Gasteiger partial charge is 0.478 e. The molecule has 1 N–H and O–H groups in total. The lowest BCUT2D eigenvalue weighted by atomic mass is 9.50. The highest BCUT2D eigenvalue weighted by Crippen LogP contribution is 2.59. The first kappa shape index (κ1) is 16.8. The third-order valence-corrected chi connectivity index (χ3v) is 5.56. The third kappa shape index (κ3) is 3.26. The minimum absolute atomic E-state index is 0.148. The zero-order chi connectivity index (χ0) is 16.5. The second-order valence-corrected chi connectivity index (χ2v) is 7.17. The SMILES string of the molecule is C=C(C)C(=O)OC12CC3CC(CC(C3)C1C)C2.C=CC(=O)O. The van der Waals surface area contributed by atoms with Crippen LogP contribution >= 0.6 is 0 Å². The van der Waals surface area contributed by atoms with Crippen molar-refractivity contribution >= 4 is 11.9 Å². The van der Waals surface area contributed by atoms with E-state index in [2.05, 4.69) is 20.1 Å². The van der Waals surface area contributed by atoms with Crippen LogP contribution < -0.4 is 0 Å². The smallest absolute Gasteiger partial charge is 0.333 e. The molecule has 3 unspecified atom stereocenters. The third-order valence-electron chi connectivity index (χ3n) is 5.56. The Morgan fingerprint density at radius 2 is 1.73 bits per heavy atom. The number of hydrogen-bond acceptors (Lipinski definition) is 3. The van der Waals surface area contributed by atoms with E-state index in [0.717, 1.165) is 36.7 Å². The second kappa shape index (κ2) is 6.27. The predicted molar refractivity (Wildman–Crippen MR) is 84.2 cm³/mol. The van der Waals surface area contributed by atoms with Gasteiger partial charge < -0.3 is 9.84 Å². The van der Waals surface area contributed by atoms with Gasteiger partial charge in [-0.1, -0.05) is 20.1 Å². The fourth-order valence-electron chi connectivity index (χ4n) is 4.67. The van der Waals surface area contributed by atoms with Crippen LogP contribution in [0.3, 0.4) is 0 Å². The lowest BCUT2D eigenvalue weighted by Crippen LogP contribution is -2.58. The van der Waals surface area contributed by atoms with Gasteiger partial charge in [-0.15, -0.1) is 0 Å². The van der Waals surface area contributed by atoms with E-state index in [4.69, 9.17) is 9.84 Å². The quantitative estimate of drug-likeness (QED) is 0.639. The molecule has 4 rings (SSSR count). The average Bonchev–Trinajstić information content (AvgIpc) is 2.44. The maximum atomic E-state index is 11.9. The van der Waals surface area contributed by atoms with Crippen LogP contribution in [0.2, 0.25) is 0 Å². The van der Waals surface area contributed by atoms with Crippen molar-refractivity contribution in [1.29, 1.82) is 0 Å². The van der Waals surface area contributed by atoms with Crippen molar-refractivity contribution in [2.75, 3.05) is 0 Å². The fraction of sp³-hybridized carbons (Fsp3) is 0.667. The molecule has 4 fully saturated rings. The lowest BCUT2D eigenvalue weighted by molar-refractivity contribution is -0.201. The summed E-state index contributed by atoms with van der Waals surface area (Å²) in [7, 11) is 0. The fourth-order valence-corrected chi connectivity index (χ4v) is 4.67. The maximum Gasteiger partial charge on any atom is 0.333 e. The van der Waals surface area contributed by atoms with E-state index in [9.17, 15) is 9.59 Å². The van der Waals surface area contributed by atoms with Gasteiger partial charge in [0, 0.05) is 11.6 Å². The standard InChI is InChI=1S/C15H22O2.C3H4O2/c1-9(2)14(16)17-15-7-11-4-12(8-15)6-13(5-11)10(15)3;1-2-3(4)5/h10-13H,1,4-8H2,2-3H3;2H,1H2,(H,4,5). The number of carboxylic acid groups (broad SMARTS) is 1. The van der Waals surface area contributed by atoms with Crippen LogP contribution in [-0.2, 0) is 14.3 Å². The molecule has 0 heterocycles. The molecule has 0 aromatic carbocycles. The van der Waals surface area contributed by atoms with Gasteiger partial charge in [0.25, 0.3) is 0 Å². The van der Waals surface area contributed by atoms with Crippen LogP contribution in [0, 0.1) is 23.7 Å². The van der Waals surface area contributed by atoms with Crippen molar-refractivity contribution in [3.05, 3.63) is 24.8 Å². The average molecular weight is 306 g/mol. The Kier molecular flexibility index (Phi) is 4.78. The summed E-state index contributed by atoms with van der Waals surface area (Å²) in [6, 6.07) is 0. The molecular formula is C18H26O4. The Balaban J connectivity index is 0.000000309. The molecule has 0 spiro atoms. The molecule has 0 saturated heterocycles. The van der Waals surface area contributed by atoms with Crippen LogP contribution in [-0.4, -0.2) is 22.6 Å². The van der Waals surface area contributed by atoms with Gasteiger partial charge >= 0.3 is 11.9 Å². The Morgan fingerprint density at radius 3 is 2.14 bits per heavy atom. The molecule has 0 aromatic rings. The Bertz CT molecular complexity index is 479. The number of carboxylic acids is 1. The van der Waals surface area contributed by atoms with Gasteiger partial charge in [-0.3, -0.25) is 0 Å². The highest BCUT2D eigenvalue weighted by Gasteiger charge is 2.57. The Labute approximate surface area is 132 Å². The van der Waals surface area contributed by atoms with Crippen molar-refractivity contribution in [2.45, 2.75) is 51.6 Å². The van der Waals surface area contributed by atoms with Crippen LogP contribution in [0.1, 0.15) is 46.0 Å². The number of carbonyl (C=O) groups is 2. The summed E-state index contributed by atoms with van der Waals surface area (Å²) in [6.07, 6.45) is 7.13. The van der Waals surface area contributed by atoms with Gasteiger partial charge in [0.2, 0.25) is 0 Å². The van der Waals surface area contributed by atoms with E-state index in [1.165, 1.54) is 19.3 Å². The van der Waals surface area contributed by atoms with Crippen molar-refractivity contribution in [1.82, 2.24) is 0 Å². The van der Waals surface area contributed by atoms with Gasteiger partial charge in [0.15, 0.2) is 0 Å². The molecule has 3 atom stereocenters. The summed E-state index contributed by atoms with van der Waals surface area (Å²) in [6.45, 7) is 10.7. The van der Waals surface area contributed by atoms with Crippen LogP contribution in [0.4, 0.5) is 0 Å². The molecule has 4 aliphatic carbocycles. The van der Waals surface area contributed by atoms with Gasteiger partial charge in [-0.05, 0) is 62.7 Å². The van der Waals surface area contributed by atoms with E-state index in [1.54, 1.807) is 6.92 Å². The van der Waals surface area contributed by atoms with Crippen LogP contribution in [0.25, 0.3) is 0 Å². The highest BCUT2D eigenvalue weighted by atomic mass is 16.6. The molecule has 122 valence electrons. The summed E-state index contributed by atoms with van der Waals surface area (Å²) in [5.41, 5.74) is 0.387. The summed E-state index contributed by atoms with van der Waals surface area (Å²) in [5, 5.41) is 7.60. The van der Waals surface area contributed by atoms with Crippen molar-refractivity contribution in [2.24, 2.45) is 23.7 Å². The second-order valence-electron chi connectivity index (χ2n) is 7.17. The minimum Gasteiger partial charge on any atom is -0.478 e. The Hall–Kier alpha value is -1.58. The molecule has 0 aliphatic heterocycles. The molecule has 4 bridgehead atoms. The molecular weight excluding hydrogens is 280 g/mol. The summed E-state index contributed by atoms with van der Waals surface area (Å²) < 4.78 is 5.89. The molecule has 22 heavy (non-hydrogen) atoms. The van der Waals surface area contributed by atoms with E-state index in [0.29, 0.717) is 11.5 Å². The zero-order valence-corrected chi connectivity index (χ0v) is 13.5. The van der Waals surface area contributed by atoms with Crippen molar-refractivity contribution < 1.29 is 19.4 Å². The number of aliphatic carboxylic acids is 1. The Morgan fingerprint density at radius 1 is 1.23 bits per heavy atom. The summed E-state index contributed by atoms with van der Waals surface area (Å²) >= 11 is 0. The predicted octanol–water partition coefficient (Wildman–Crippen LogP) is 3.58. The molecule has 4 aliphatic rings. The van der Waals surface area contributed by atoms with Crippen molar-refractivity contribution in [3.63, 3.8) is 0 Å². The van der Waals surface area contributed by atoms with Gasteiger partial charge in [-0.25, -0.2) is 9.59 Å². The normalized spacial score (nSPS) is 37.7. The monoisotopic (exact) mass is 306 g/mol. The number of hydrogen-bond donors (Lipinski definition) is 1. The minimum atomic E-state index is -0.981. The number of rotatable bonds is 3. The molecule has 4 saturated carbocycles. The van der Waals surface area contributed by atoms with Gasteiger partial charge in [0.05, 0.1) is 0 Å². The van der Waals surface area contributed by atoms with Crippen molar-refractivity contribution in [3.8, 4) is 0 Å². The first-order valence-corrected chi connectivity index (χ1v) is 8.01. The van der Waals surface area contributed by atoms with Crippen LogP contribution in [0.5, 0.6) is 0 Å². The molecule has 4 nitrogen and oxygen atoms in total. The first-order valence-electron chi connectivity index (χ1n) is 8.01. The zero-order valence-electron chi connectivity index (χ0n) is 13.5. The molecule has 0 aromatic heterocycles. The van der Waals surface area contributed by atoms with Gasteiger partial charge in [0.1, 0.15) is 5.60 Å². The van der Waals surface area contributed by atoms with E-state index in [1.807, 2.05) is 0 Å². The molecule has 0 radical (unpaired) electrons. The summed E-state index contributed by atoms with van der Waals surface area (Å²) in [5.74, 6) is 1.78. The molecule has 0 amide bonds. The molecule has 4 heteroatoms. The highest BCUT2D eigenvalue weighted by molar-refractivity contribution is 5.87. The number of carbonyl (C=O) groups excluding carboxylic acids is 1. The van der Waals surface area contributed by atoms with Crippen LogP contribution in [0.15, 0.2) is 24.8 Å².